The lowest BCUT2D eigenvalue weighted by Gasteiger charge is -2.22. The van der Waals surface area contributed by atoms with Crippen LogP contribution in [0.3, 0.4) is 0 Å². The molecule has 1 amide bonds. The summed E-state index contributed by atoms with van der Waals surface area (Å²) in [6.45, 7) is 0.340. The van der Waals surface area contributed by atoms with E-state index in [-0.39, 0.29) is 23.5 Å². The van der Waals surface area contributed by atoms with E-state index in [1.807, 2.05) is 0 Å². The van der Waals surface area contributed by atoms with Crippen molar-refractivity contribution in [2.24, 2.45) is 0 Å². The summed E-state index contributed by atoms with van der Waals surface area (Å²) in [5.41, 5.74) is 2.47. The van der Waals surface area contributed by atoms with Crippen LogP contribution >= 0.6 is 0 Å². The molecular weight excluding hydrogens is 345 g/mol. The van der Waals surface area contributed by atoms with Crippen molar-refractivity contribution in [2.75, 3.05) is 0 Å². The Kier molecular flexibility index (Phi) is 4.79. The standard InChI is InChI=1S/C21H22FN3O2/c22-16-9-6-14(7-10-16)13-25-19-11-8-15(12-18(19)24-21(25)27)20(26)23-17-4-2-1-3-5-17/h6-12,17H,1-5,13H2,(H,23,26)(H,24,27). The number of rotatable bonds is 4. The summed E-state index contributed by atoms with van der Waals surface area (Å²) in [5.74, 6) is -0.408. The Bertz CT molecular complexity index is 1010. The molecule has 2 aromatic carbocycles. The maximum absolute atomic E-state index is 13.1. The van der Waals surface area contributed by atoms with E-state index in [0.717, 1.165) is 36.8 Å². The van der Waals surface area contributed by atoms with Gasteiger partial charge in [0, 0.05) is 11.6 Å². The fraction of sp³-hybridized carbons (Fsp3) is 0.333. The van der Waals surface area contributed by atoms with E-state index in [1.54, 1.807) is 34.9 Å². The Morgan fingerprint density at radius 1 is 1.11 bits per heavy atom. The van der Waals surface area contributed by atoms with E-state index in [0.29, 0.717) is 17.6 Å². The molecule has 2 N–H and O–H groups in total. The minimum Gasteiger partial charge on any atom is -0.349 e. The molecule has 0 unspecified atom stereocenters. The third-order valence-corrected chi connectivity index (χ3v) is 5.23. The number of carbonyl (C=O) groups is 1. The average molecular weight is 367 g/mol. The largest absolute Gasteiger partial charge is 0.349 e. The van der Waals surface area contributed by atoms with Crippen LogP contribution < -0.4 is 11.0 Å². The molecule has 6 heteroatoms. The molecule has 0 radical (unpaired) electrons. The Labute approximate surface area is 156 Å². The number of imidazole rings is 1. The number of H-pyrrole nitrogens is 1. The fourth-order valence-corrected chi connectivity index (χ4v) is 3.75. The van der Waals surface area contributed by atoms with Gasteiger partial charge in [0.15, 0.2) is 0 Å². The lowest BCUT2D eigenvalue weighted by Crippen LogP contribution is -2.36. The van der Waals surface area contributed by atoms with Crippen molar-refractivity contribution in [3.63, 3.8) is 0 Å². The zero-order valence-electron chi connectivity index (χ0n) is 15.0. The normalized spacial score (nSPS) is 15.1. The van der Waals surface area contributed by atoms with Gasteiger partial charge in [0.25, 0.3) is 5.91 Å². The molecule has 1 aliphatic rings. The second-order valence-corrected chi connectivity index (χ2v) is 7.18. The minimum absolute atomic E-state index is 0.101. The van der Waals surface area contributed by atoms with Gasteiger partial charge in [-0.15, -0.1) is 0 Å². The molecule has 1 aliphatic carbocycles. The summed E-state index contributed by atoms with van der Waals surface area (Å²) in [6, 6.07) is 11.6. The topological polar surface area (TPSA) is 66.9 Å². The number of aromatic amines is 1. The molecule has 27 heavy (non-hydrogen) atoms. The number of hydrogen-bond acceptors (Lipinski definition) is 2. The molecule has 5 nitrogen and oxygen atoms in total. The van der Waals surface area contributed by atoms with E-state index in [2.05, 4.69) is 10.3 Å². The van der Waals surface area contributed by atoms with Crippen LogP contribution in [-0.2, 0) is 6.54 Å². The highest BCUT2D eigenvalue weighted by Gasteiger charge is 2.17. The molecule has 1 heterocycles. The highest BCUT2D eigenvalue weighted by Crippen LogP contribution is 2.19. The van der Waals surface area contributed by atoms with Crippen molar-refractivity contribution >= 4 is 16.9 Å². The van der Waals surface area contributed by atoms with Crippen molar-refractivity contribution in [1.82, 2.24) is 14.9 Å². The maximum Gasteiger partial charge on any atom is 0.326 e. The maximum atomic E-state index is 13.1. The van der Waals surface area contributed by atoms with Crippen molar-refractivity contribution in [3.05, 3.63) is 69.9 Å². The molecule has 3 aromatic rings. The number of nitrogens with zero attached hydrogens (tertiary/aromatic N) is 1. The first-order valence-electron chi connectivity index (χ1n) is 9.38. The molecule has 140 valence electrons. The number of amides is 1. The van der Waals surface area contributed by atoms with Gasteiger partial charge >= 0.3 is 5.69 Å². The van der Waals surface area contributed by atoms with Crippen molar-refractivity contribution in [2.45, 2.75) is 44.7 Å². The first-order valence-corrected chi connectivity index (χ1v) is 9.38. The number of carbonyl (C=O) groups excluding carboxylic acids is 1. The first-order chi connectivity index (χ1) is 13.1. The van der Waals surface area contributed by atoms with Crippen molar-refractivity contribution in [3.8, 4) is 0 Å². The molecule has 4 rings (SSSR count). The van der Waals surface area contributed by atoms with E-state index in [9.17, 15) is 14.0 Å². The van der Waals surface area contributed by atoms with Crippen molar-refractivity contribution in [1.29, 1.82) is 0 Å². The number of halogens is 1. The van der Waals surface area contributed by atoms with Crippen LogP contribution in [0.15, 0.2) is 47.3 Å². The highest BCUT2D eigenvalue weighted by molar-refractivity contribution is 5.97. The van der Waals surface area contributed by atoms with Crippen molar-refractivity contribution < 1.29 is 9.18 Å². The van der Waals surface area contributed by atoms with E-state index in [4.69, 9.17) is 0 Å². The summed E-state index contributed by atoms with van der Waals surface area (Å²) in [5, 5.41) is 3.09. The van der Waals surface area contributed by atoms with Crippen LogP contribution in [0.2, 0.25) is 0 Å². The third kappa shape index (κ3) is 3.79. The van der Waals surface area contributed by atoms with Gasteiger partial charge < -0.3 is 10.3 Å². The smallest absolute Gasteiger partial charge is 0.326 e. The Hall–Kier alpha value is -2.89. The number of benzene rings is 2. The van der Waals surface area contributed by atoms with Gasteiger partial charge in [-0.05, 0) is 48.7 Å². The summed E-state index contributed by atoms with van der Waals surface area (Å²) in [7, 11) is 0. The minimum atomic E-state index is -0.307. The molecule has 1 fully saturated rings. The molecule has 1 aromatic heterocycles. The van der Waals surface area contributed by atoms with E-state index >= 15 is 0 Å². The Morgan fingerprint density at radius 3 is 2.59 bits per heavy atom. The molecular formula is C21H22FN3O2. The SMILES string of the molecule is O=C(NC1CCCCC1)c1ccc2c(c1)[nH]c(=O)n2Cc1ccc(F)cc1. The Morgan fingerprint density at radius 2 is 1.85 bits per heavy atom. The van der Waals surface area contributed by atoms with Gasteiger partial charge in [-0.2, -0.15) is 0 Å². The predicted molar refractivity (Wildman–Crippen MR) is 102 cm³/mol. The highest BCUT2D eigenvalue weighted by atomic mass is 19.1. The number of aromatic nitrogens is 2. The zero-order chi connectivity index (χ0) is 18.8. The number of hydrogen-bond donors (Lipinski definition) is 2. The lowest BCUT2D eigenvalue weighted by molar-refractivity contribution is 0.0928. The lowest BCUT2D eigenvalue weighted by atomic mass is 9.95. The second kappa shape index (κ2) is 7.39. The number of nitrogens with one attached hydrogen (secondary N) is 2. The Balaban J connectivity index is 1.57. The molecule has 0 bridgehead atoms. The zero-order valence-corrected chi connectivity index (χ0v) is 15.0. The summed E-state index contributed by atoms with van der Waals surface area (Å²) in [4.78, 5) is 27.7. The van der Waals surface area contributed by atoms with E-state index < -0.39 is 0 Å². The first kappa shape index (κ1) is 17.5. The van der Waals surface area contributed by atoms with Gasteiger partial charge in [0.2, 0.25) is 0 Å². The molecule has 0 saturated heterocycles. The van der Waals surface area contributed by atoms with Gasteiger partial charge in [0.1, 0.15) is 5.82 Å². The quantitative estimate of drug-likeness (QED) is 0.740. The van der Waals surface area contributed by atoms with Gasteiger partial charge in [-0.25, -0.2) is 9.18 Å². The average Bonchev–Trinajstić information content (AvgIpc) is 2.99. The van der Waals surface area contributed by atoms with E-state index in [1.165, 1.54) is 18.6 Å². The van der Waals surface area contributed by atoms with Crippen LogP contribution in [0.1, 0.15) is 48.0 Å². The molecule has 0 aliphatic heterocycles. The van der Waals surface area contributed by atoms with Gasteiger partial charge in [0.05, 0.1) is 17.6 Å². The van der Waals surface area contributed by atoms with Gasteiger partial charge in [-0.3, -0.25) is 9.36 Å². The van der Waals surface area contributed by atoms with Crippen LogP contribution in [0, 0.1) is 5.82 Å². The summed E-state index contributed by atoms with van der Waals surface area (Å²) in [6.07, 6.45) is 5.60. The summed E-state index contributed by atoms with van der Waals surface area (Å²) >= 11 is 0. The monoisotopic (exact) mass is 367 g/mol. The van der Waals surface area contributed by atoms with Crippen LogP contribution in [-0.4, -0.2) is 21.5 Å². The van der Waals surface area contributed by atoms with Crippen LogP contribution in [0.25, 0.3) is 11.0 Å². The second-order valence-electron chi connectivity index (χ2n) is 7.18. The van der Waals surface area contributed by atoms with Crippen LogP contribution in [0.4, 0.5) is 4.39 Å². The number of fused-ring (bicyclic) bond motifs is 1. The predicted octanol–water partition coefficient (Wildman–Crippen LogP) is 3.58. The molecule has 0 spiro atoms. The fourth-order valence-electron chi connectivity index (χ4n) is 3.75. The van der Waals surface area contributed by atoms with Gasteiger partial charge in [-0.1, -0.05) is 31.4 Å². The van der Waals surface area contributed by atoms with Crippen LogP contribution in [0.5, 0.6) is 0 Å². The summed E-state index contributed by atoms with van der Waals surface area (Å²) < 4.78 is 14.7. The molecule has 1 saturated carbocycles. The third-order valence-electron chi connectivity index (χ3n) is 5.23. The molecule has 0 atom stereocenters.